The summed E-state index contributed by atoms with van der Waals surface area (Å²) in [5, 5.41) is 34.7. The molecule has 24 nitrogen and oxygen atoms in total. The van der Waals surface area contributed by atoms with E-state index in [9.17, 15) is 58.2 Å². The Morgan fingerprint density at radius 1 is 0.709 bits per heavy atom. The molecule has 0 saturated carbocycles. The van der Waals surface area contributed by atoms with Crippen LogP contribution in [0.2, 0.25) is 0 Å². The highest BCUT2D eigenvalue weighted by atomic mass is 33.1. The van der Waals surface area contributed by atoms with E-state index in [1.54, 1.807) is 0 Å². The molecule has 0 unspecified atom stereocenters. The number of carbonyl (C=O) groups excluding carboxylic acids is 8. The van der Waals surface area contributed by atoms with Crippen LogP contribution in [0, 0.1) is 5.92 Å². The van der Waals surface area contributed by atoms with E-state index in [2.05, 4.69) is 42.2 Å². The lowest BCUT2D eigenvalue weighted by molar-refractivity contribution is -0.143. The van der Waals surface area contributed by atoms with Crippen molar-refractivity contribution in [2.75, 3.05) is 31.1 Å². The maximum Gasteiger partial charge on any atom is 0.305 e. The molecule has 17 N–H and O–H groups in total. The number of rotatable bonds is 10. The molecular formula is C29H48N12O12S2. The van der Waals surface area contributed by atoms with Gasteiger partial charge in [-0.2, -0.15) is 0 Å². The lowest BCUT2D eigenvalue weighted by atomic mass is 10.0. The third kappa shape index (κ3) is 19.0. The van der Waals surface area contributed by atoms with Crippen molar-refractivity contribution in [3.8, 4) is 0 Å². The minimum atomic E-state index is -1.90. The smallest absolute Gasteiger partial charge is 0.305 e. The summed E-state index contributed by atoms with van der Waals surface area (Å²) in [6.45, 7) is 1.63. The zero-order valence-corrected chi connectivity index (χ0v) is 31.6. The molecule has 1 aliphatic rings. The molecule has 26 heteroatoms. The number of nitrogens with two attached hydrogens (primary N) is 4. The van der Waals surface area contributed by atoms with Gasteiger partial charge < -0.3 is 70.4 Å². The molecule has 1 aliphatic heterocycles. The minimum absolute atomic E-state index is 0.0237. The van der Waals surface area contributed by atoms with Crippen molar-refractivity contribution >= 4 is 86.7 Å². The largest absolute Gasteiger partial charge is 0.481 e. The molecule has 0 radical (unpaired) electrons. The molecule has 55 heavy (non-hydrogen) atoms. The van der Waals surface area contributed by atoms with Gasteiger partial charge in [-0.15, -0.1) is 0 Å². The SMILES string of the molecule is CC(C)[C@@H]1NC(=O)[C@H](CC(=O)O)NC(=O)[C@H](CC(=O)O)NC(=O)CNC(=O)[C@H](CCCN=C(N)N)NC(=O)CNC(=O)[C@@H](N)CSSC[C@@H](C(N)=O)NC1=O. The minimum Gasteiger partial charge on any atom is -0.481 e. The number of carbonyl (C=O) groups is 10. The average molecular weight is 821 g/mol. The van der Waals surface area contributed by atoms with Crippen molar-refractivity contribution in [3.63, 3.8) is 0 Å². The van der Waals surface area contributed by atoms with Crippen LogP contribution in [0.3, 0.4) is 0 Å². The fourth-order valence-electron chi connectivity index (χ4n) is 4.45. The summed E-state index contributed by atoms with van der Waals surface area (Å²) >= 11 is 0. The zero-order valence-electron chi connectivity index (χ0n) is 30.0. The number of carboxylic acid groups (broad SMARTS) is 2. The molecule has 6 atom stereocenters. The van der Waals surface area contributed by atoms with Gasteiger partial charge in [-0.1, -0.05) is 35.4 Å². The Bertz CT molecular complexity index is 1480. The number of amides is 8. The zero-order chi connectivity index (χ0) is 41.8. The first-order valence-corrected chi connectivity index (χ1v) is 19.0. The molecule has 1 rings (SSSR count). The first-order valence-electron chi connectivity index (χ1n) is 16.5. The maximum absolute atomic E-state index is 13.3. The van der Waals surface area contributed by atoms with Crippen LogP contribution < -0.4 is 60.2 Å². The summed E-state index contributed by atoms with van der Waals surface area (Å²) in [6.07, 6.45) is -1.98. The van der Waals surface area contributed by atoms with Gasteiger partial charge in [0.25, 0.3) is 0 Å². The number of hydrogen-bond acceptors (Lipinski definition) is 14. The third-order valence-corrected chi connectivity index (χ3v) is 9.74. The molecule has 0 aromatic heterocycles. The second kappa shape index (κ2) is 24.1. The van der Waals surface area contributed by atoms with Gasteiger partial charge in [-0.3, -0.25) is 52.9 Å². The fourth-order valence-corrected chi connectivity index (χ4v) is 6.75. The van der Waals surface area contributed by atoms with E-state index in [0.717, 1.165) is 21.6 Å². The third-order valence-electron chi connectivity index (χ3n) is 7.29. The molecule has 1 fully saturated rings. The monoisotopic (exact) mass is 820 g/mol. The maximum atomic E-state index is 13.3. The van der Waals surface area contributed by atoms with Crippen LogP contribution >= 0.6 is 21.6 Å². The second-order valence-corrected chi connectivity index (χ2v) is 14.8. The highest BCUT2D eigenvalue weighted by molar-refractivity contribution is 8.76. The van der Waals surface area contributed by atoms with Crippen molar-refractivity contribution in [1.29, 1.82) is 0 Å². The van der Waals surface area contributed by atoms with Gasteiger partial charge >= 0.3 is 11.9 Å². The van der Waals surface area contributed by atoms with E-state index < -0.39 is 127 Å². The Morgan fingerprint density at radius 3 is 1.75 bits per heavy atom. The van der Waals surface area contributed by atoms with Crippen LogP contribution in [0.25, 0.3) is 0 Å². The van der Waals surface area contributed by atoms with Gasteiger partial charge in [0.05, 0.1) is 32.0 Å². The summed E-state index contributed by atoms with van der Waals surface area (Å²) in [5.74, 6) is -12.1. The molecule has 0 aromatic carbocycles. The quantitative estimate of drug-likeness (QED) is 0.0422. The predicted molar refractivity (Wildman–Crippen MR) is 197 cm³/mol. The number of aliphatic imine (C=N–C) groups is 1. The van der Waals surface area contributed by atoms with Crippen LogP contribution in [-0.4, -0.2) is 143 Å². The Morgan fingerprint density at radius 2 is 1.22 bits per heavy atom. The molecule has 0 spiro atoms. The summed E-state index contributed by atoms with van der Waals surface area (Å²) in [6, 6.07) is -8.93. The Labute approximate surface area is 322 Å². The first-order chi connectivity index (χ1) is 25.7. The molecule has 0 aliphatic carbocycles. The van der Waals surface area contributed by atoms with E-state index >= 15 is 0 Å². The van der Waals surface area contributed by atoms with Gasteiger partial charge in [0.15, 0.2) is 5.96 Å². The second-order valence-electron chi connectivity index (χ2n) is 12.3. The van der Waals surface area contributed by atoms with E-state index in [1.807, 2.05) is 0 Å². The van der Waals surface area contributed by atoms with E-state index in [4.69, 9.17) is 22.9 Å². The van der Waals surface area contributed by atoms with Crippen molar-refractivity contribution in [3.05, 3.63) is 0 Å². The number of aliphatic carboxylic acids is 2. The van der Waals surface area contributed by atoms with Crippen LogP contribution in [0.15, 0.2) is 4.99 Å². The topological polar surface area (TPSA) is 412 Å². The lowest BCUT2D eigenvalue weighted by Gasteiger charge is -2.27. The van der Waals surface area contributed by atoms with Crippen molar-refractivity contribution < 1.29 is 58.2 Å². The van der Waals surface area contributed by atoms with Crippen molar-refractivity contribution in [1.82, 2.24) is 37.2 Å². The van der Waals surface area contributed by atoms with Crippen molar-refractivity contribution in [2.24, 2.45) is 33.8 Å². The van der Waals surface area contributed by atoms with Crippen molar-refractivity contribution in [2.45, 2.75) is 75.8 Å². The van der Waals surface area contributed by atoms with Crippen LogP contribution in [0.5, 0.6) is 0 Å². The predicted octanol–water partition coefficient (Wildman–Crippen LogP) is -6.49. The molecule has 308 valence electrons. The number of nitrogens with zero attached hydrogens (tertiary/aromatic N) is 1. The highest BCUT2D eigenvalue weighted by Gasteiger charge is 2.34. The normalized spacial score (nSPS) is 24.8. The van der Waals surface area contributed by atoms with Gasteiger partial charge in [0.1, 0.15) is 30.2 Å². The number of carboxylic acids is 2. The van der Waals surface area contributed by atoms with Gasteiger partial charge in [0.2, 0.25) is 47.3 Å². The fraction of sp³-hybridized carbons (Fsp3) is 0.621. The number of primary amides is 1. The Hall–Kier alpha value is -5.37. The number of guanidine groups is 1. The van der Waals surface area contributed by atoms with Crippen LogP contribution in [-0.2, 0) is 47.9 Å². The lowest BCUT2D eigenvalue weighted by Crippen LogP contribution is -2.60. The Kier molecular flexibility index (Phi) is 20.9. The van der Waals surface area contributed by atoms with E-state index in [0.29, 0.717) is 0 Å². The summed E-state index contributed by atoms with van der Waals surface area (Å²) in [5.41, 5.74) is 22.0. The molecule has 0 aromatic rings. The van der Waals surface area contributed by atoms with Gasteiger partial charge in [0, 0.05) is 18.1 Å². The summed E-state index contributed by atoms with van der Waals surface area (Å²) in [7, 11) is 2.05. The molecule has 0 bridgehead atoms. The summed E-state index contributed by atoms with van der Waals surface area (Å²) in [4.78, 5) is 130. The van der Waals surface area contributed by atoms with Gasteiger partial charge in [-0.05, 0) is 18.8 Å². The Balaban J connectivity index is 3.44. The van der Waals surface area contributed by atoms with E-state index in [1.165, 1.54) is 13.8 Å². The van der Waals surface area contributed by atoms with Gasteiger partial charge in [-0.25, -0.2) is 0 Å². The van der Waals surface area contributed by atoms with Crippen LogP contribution in [0.1, 0.15) is 39.5 Å². The highest BCUT2D eigenvalue weighted by Crippen LogP contribution is 2.22. The number of hydrogen-bond donors (Lipinski definition) is 13. The first kappa shape index (κ1) is 47.7. The average Bonchev–Trinajstić information content (AvgIpc) is 3.08. The summed E-state index contributed by atoms with van der Waals surface area (Å²) < 4.78 is 0. The standard InChI is InChI=1S/C29H48N12O12S2/c1-12(2)22-28(53)40-17(23(31)48)11-55-54-10-13(30)24(49)35-8-18(42)37-14(4-3-5-34-29(32)33)25(50)36-9-19(43)38-15(6-20(44)45)26(51)39-16(7-21(46)47)27(52)41-22/h12-17,22H,3-11,30H2,1-2H3,(H2,31,48)(H,35,49)(H,36,50)(H,37,42)(H,38,43)(H,39,51)(H,40,53)(H,41,52)(H,44,45)(H,46,47)(H4,32,33,34)/t13-,14-,15-,16-,17-,22-/m0/s1. The molecule has 8 amide bonds. The van der Waals surface area contributed by atoms with Crippen LogP contribution in [0.4, 0.5) is 0 Å². The number of nitrogens with one attached hydrogen (secondary N) is 7. The molecule has 1 heterocycles. The molecule has 1 saturated heterocycles. The molecular weight excluding hydrogens is 773 g/mol. The van der Waals surface area contributed by atoms with E-state index in [-0.39, 0.29) is 36.9 Å².